The second-order valence-corrected chi connectivity index (χ2v) is 5.73. The van der Waals surface area contributed by atoms with E-state index in [4.69, 9.17) is 17.0 Å². The first kappa shape index (κ1) is 16.6. The highest BCUT2D eigenvalue weighted by molar-refractivity contribution is 6.34. The van der Waals surface area contributed by atoms with Crippen LogP contribution in [0.2, 0.25) is 5.02 Å². The number of nitrogens with zero attached hydrogens (tertiary/aromatic N) is 2. The minimum atomic E-state index is -0.304. The number of likely N-dealkylation sites (tertiary alicyclic amines) is 1. The number of guanidine groups is 1. The summed E-state index contributed by atoms with van der Waals surface area (Å²) < 4.78 is 0. The van der Waals surface area contributed by atoms with Crippen molar-refractivity contribution in [2.45, 2.75) is 33.1 Å². The quantitative estimate of drug-likeness (QED) is 0.661. The molecule has 0 spiro atoms. The summed E-state index contributed by atoms with van der Waals surface area (Å²) in [6.45, 7) is 6.10. The Bertz CT molecular complexity index is 555. The third kappa shape index (κ3) is 3.53. The Kier molecular flexibility index (Phi) is 5.66. The molecular formula is C16H23ClN4O. The van der Waals surface area contributed by atoms with Crippen LogP contribution in [0.15, 0.2) is 18.2 Å². The molecule has 1 aliphatic heterocycles. The summed E-state index contributed by atoms with van der Waals surface area (Å²) in [5.41, 5.74) is 1.76. The van der Waals surface area contributed by atoms with Gasteiger partial charge in [0.1, 0.15) is 0 Å². The van der Waals surface area contributed by atoms with Gasteiger partial charge in [-0.25, -0.2) is 4.79 Å². The Balaban J connectivity index is 2.17. The van der Waals surface area contributed by atoms with Gasteiger partial charge in [-0.3, -0.25) is 15.6 Å². The molecule has 6 heteroatoms. The SMILES string of the molecule is CCc1cccc(Cl)c1N(CC)C(=O)NC(=N)N1CCCC1. The van der Waals surface area contributed by atoms with Crippen LogP contribution in [0.3, 0.4) is 0 Å². The molecule has 0 atom stereocenters. The number of aryl methyl sites for hydroxylation is 1. The van der Waals surface area contributed by atoms with Gasteiger partial charge in [-0.15, -0.1) is 0 Å². The minimum absolute atomic E-state index is 0.172. The molecular weight excluding hydrogens is 300 g/mol. The van der Waals surface area contributed by atoms with E-state index in [1.165, 1.54) is 0 Å². The van der Waals surface area contributed by atoms with Crippen LogP contribution in [0, 0.1) is 5.41 Å². The lowest BCUT2D eigenvalue weighted by Gasteiger charge is -2.27. The number of halogens is 1. The van der Waals surface area contributed by atoms with E-state index in [9.17, 15) is 4.79 Å². The Labute approximate surface area is 136 Å². The smallest absolute Gasteiger partial charge is 0.328 e. The number of amides is 2. The predicted octanol–water partition coefficient (Wildman–Crippen LogP) is 3.47. The van der Waals surface area contributed by atoms with Crippen molar-refractivity contribution >= 4 is 29.3 Å². The van der Waals surface area contributed by atoms with Crippen molar-refractivity contribution < 1.29 is 4.79 Å². The van der Waals surface area contributed by atoms with Gasteiger partial charge in [-0.1, -0.05) is 30.7 Å². The van der Waals surface area contributed by atoms with Crippen LogP contribution in [0.4, 0.5) is 10.5 Å². The van der Waals surface area contributed by atoms with Crippen molar-refractivity contribution in [2.75, 3.05) is 24.5 Å². The molecule has 0 aromatic heterocycles. The Morgan fingerprint density at radius 3 is 2.64 bits per heavy atom. The monoisotopic (exact) mass is 322 g/mol. The van der Waals surface area contributed by atoms with Crippen molar-refractivity contribution in [1.82, 2.24) is 10.2 Å². The molecule has 120 valence electrons. The van der Waals surface area contributed by atoms with E-state index in [0.717, 1.165) is 43.6 Å². The van der Waals surface area contributed by atoms with Crippen molar-refractivity contribution in [3.63, 3.8) is 0 Å². The Morgan fingerprint density at radius 2 is 2.05 bits per heavy atom. The summed E-state index contributed by atoms with van der Waals surface area (Å²) in [4.78, 5) is 16.0. The van der Waals surface area contributed by atoms with Crippen molar-refractivity contribution in [3.8, 4) is 0 Å². The molecule has 1 aromatic carbocycles. The van der Waals surface area contributed by atoms with E-state index in [2.05, 4.69) is 5.32 Å². The van der Waals surface area contributed by atoms with Gasteiger partial charge in [0, 0.05) is 19.6 Å². The molecule has 2 rings (SSSR count). The molecule has 1 aliphatic rings. The van der Waals surface area contributed by atoms with Gasteiger partial charge in [0.05, 0.1) is 10.7 Å². The van der Waals surface area contributed by atoms with E-state index in [0.29, 0.717) is 11.6 Å². The highest BCUT2D eigenvalue weighted by Gasteiger charge is 2.23. The summed E-state index contributed by atoms with van der Waals surface area (Å²) >= 11 is 6.30. The number of nitrogens with one attached hydrogen (secondary N) is 2. The average Bonchev–Trinajstić information content (AvgIpc) is 3.03. The highest BCUT2D eigenvalue weighted by atomic mass is 35.5. The second-order valence-electron chi connectivity index (χ2n) is 5.32. The van der Waals surface area contributed by atoms with E-state index >= 15 is 0 Å². The fourth-order valence-electron chi connectivity index (χ4n) is 2.74. The third-order valence-corrected chi connectivity index (χ3v) is 4.24. The number of urea groups is 1. The lowest BCUT2D eigenvalue weighted by molar-refractivity contribution is 0.249. The lowest BCUT2D eigenvalue weighted by atomic mass is 10.1. The van der Waals surface area contributed by atoms with Crippen LogP contribution in [0.1, 0.15) is 32.3 Å². The standard InChI is InChI=1S/C16H23ClN4O/c1-3-12-8-7-9-13(17)14(12)21(4-2)16(22)19-15(18)20-10-5-6-11-20/h7-9H,3-6,10-11H2,1-2H3,(H2,18,19,22). The molecule has 0 bridgehead atoms. The summed E-state index contributed by atoms with van der Waals surface area (Å²) in [6, 6.07) is 5.35. The fourth-order valence-corrected chi connectivity index (χ4v) is 3.04. The van der Waals surface area contributed by atoms with Gasteiger partial charge in [0.25, 0.3) is 0 Å². The molecule has 5 nitrogen and oxygen atoms in total. The molecule has 1 aromatic rings. The van der Waals surface area contributed by atoms with Crippen LogP contribution >= 0.6 is 11.6 Å². The van der Waals surface area contributed by atoms with Gasteiger partial charge < -0.3 is 4.90 Å². The number of anilines is 1. The molecule has 1 saturated heterocycles. The fraction of sp³-hybridized carbons (Fsp3) is 0.500. The minimum Gasteiger partial charge on any atom is -0.343 e. The molecule has 0 unspecified atom stereocenters. The van der Waals surface area contributed by atoms with Gasteiger partial charge in [-0.2, -0.15) is 0 Å². The van der Waals surface area contributed by atoms with E-state index in [-0.39, 0.29) is 12.0 Å². The zero-order chi connectivity index (χ0) is 16.1. The van der Waals surface area contributed by atoms with Crippen molar-refractivity contribution in [1.29, 1.82) is 5.41 Å². The molecule has 1 fully saturated rings. The van der Waals surface area contributed by atoms with E-state index in [1.807, 2.05) is 30.9 Å². The maximum Gasteiger partial charge on any atom is 0.328 e. The third-order valence-electron chi connectivity index (χ3n) is 3.93. The number of rotatable bonds is 3. The average molecular weight is 323 g/mol. The van der Waals surface area contributed by atoms with E-state index in [1.54, 1.807) is 11.0 Å². The number of benzene rings is 1. The van der Waals surface area contributed by atoms with Crippen LogP contribution < -0.4 is 10.2 Å². The zero-order valence-electron chi connectivity index (χ0n) is 13.2. The first-order chi connectivity index (χ1) is 10.6. The normalized spacial score (nSPS) is 14.0. The topological polar surface area (TPSA) is 59.4 Å². The Morgan fingerprint density at radius 1 is 1.36 bits per heavy atom. The zero-order valence-corrected chi connectivity index (χ0v) is 13.9. The largest absolute Gasteiger partial charge is 0.343 e. The molecule has 0 saturated carbocycles. The maximum absolute atomic E-state index is 12.6. The van der Waals surface area contributed by atoms with Gasteiger partial charge >= 0.3 is 6.03 Å². The van der Waals surface area contributed by atoms with Crippen molar-refractivity contribution in [2.24, 2.45) is 0 Å². The number of hydrogen-bond donors (Lipinski definition) is 2. The van der Waals surface area contributed by atoms with Gasteiger partial charge in [0.2, 0.25) is 0 Å². The van der Waals surface area contributed by atoms with Crippen molar-refractivity contribution in [3.05, 3.63) is 28.8 Å². The molecule has 2 amide bonds. The van der Waals surface area contributed by atoms with Crippen LogP contribution in [-0.2, 0) is 6.42 Å². The Hall–Kier alpha value is -1.75. The number of hydrogen-bond acceptors (Lipinski definition) is 2. The predicted molar refractivity (Wildman–Crippen MR) is 90.9 cm³/mol. The van der Waals surface area contributed by atoms with Crippen LogP contribution in [-0.4, -0.2) is 36.5 Å². The summed E-state index contributed by atoms with van der Waals surface area (Å²) in [6.07, 6.45) is 2.93. The first-order valence-electron chi connectivity index (χ1n) is 7.77. The second kappa shape index (κ2) is 7.49. The number of para-hydroxylation sites is 1. The van der Waals surface area contributed by atoms with Gasteiger partial charge in [-0.05, 0) is 37.8 Å². The highest BCUT2D eigenvalue weighted by Crippen LogP contribution is 2.30. The molecule has 2 N–H and O–H groups in total. The van der Waals surface area contributed by atoms with Crippen LogP contribution in [0.25, 0.3) is 0 Å². The first-order valence-corrected chi connectivity index (χ1v) is 8.15. The van der Waals surface area contributed by atoms with E-state index < -0.39 is 0 Å². The number of carbonyl (C=O) groups excluding carboxylic acids is 1. The summed E-state index contributed by atoms with van der Waals surface area (Å²) in [5.74, 6) is 0.172. The lowest BCUT2D eigenvalue weighted by Crippen LogP contribution is -2.48. The van der Waals surface area contributed by atoms with Gasteiger partial charge in [0.15, 0.2) is 5.96 Å². The number of carbonyl (C=O) groups is 1. The molecule has 1 heterocycles. The molecule has 0 radical (unpaired) electrons. The molecule has 22 heavy (non-hydrogen) atoms. The van der Waals surface area contributed by atoms with Crippen LogP contribution in [0.5, 0.6) is 0 Å². The maximum atomic E-state index is 12.6. The molecule has 0 aliphatic carbocycles. The summed E-state index contributed by atoms with van der Waals surface area (Å²) in [5, 5.41) is 11.3. The summed E-state index contributed by atoms with van der Waals surface area (Å²) in [7, 11) is 0.